The van der Waals surface area contributed by atoms with Crippen LogP contribution in [-0.2, 0) is 25.0 Å². The van der Waals surface area contributed by atoms with Crippen molar-refractivity contribution in [3.63, 3.8) is 0 Å². The van der Waals surface area contributed by atoms with Crippen molar-refractivity contribution in [2.24, 2.45) is 0 Å². The van der Waals surface area contributed by atoms with E-state index >= 15 is 0 Å². The largest absolute Gasteiger partial charge is 0.327 e. The van der Waals surface area contributed by atoms with E-state index in [0.717, 1.165) is 11.5 Å². The van der Waals surface area contributed by atoms with Gasteiger partial charge in [-0.2, -0.15) is 0 Å². The van der Waals surface area contributed by atoms with E-state index in [0.29, 0.717) is 10.2 Å². The first kappa shape index (κ1) is 15.0. The topological polar surface area (TPSA) is 44.8 Å². The Bertz CT molecular complexity index is 277. The summed E-state index contributed by atoms with van der Waals surface area (Å²) < 4.78 is 15.5. The Morgan fingerprint density at radius 2 is 1.44 bits per heavy atom. The highest BCUT2D eigenvalue weighted by molar-refractivity contribution is 6.48. The van der Waals surface area contributed by atoms with Gasteiger partial charge in [-0.3, -0.25) is 0 Å². The summed E-state index contributed by atoms with van der Waals surface area (Å²) in [6.45, 7) is 0. The molecule has 1 aromatic rings. The fourth-order valence-electron chi connectivity index (χ4n) is 1.25. The van der Waals surface area contributed by atoms with Gasteiger partial charge in [0.05, 0.1) is 16.2 Å². The standard InChI is InChI=1S/C10H14O3.CH4OSi/c1-11-10(12-2,13-3)9-7-5-4-6-8-9;2-1-3/h4-8H,1-3H3;1H,3H3. The molecule has 90 valence electrons. The summed E-state index contributed by atoms with van der Waals surface area (Å²) in [4.78, 5) is 8.87. The molecular formula is C11H18O4Si. The van der Waals surface area contributed by atoms with Gasteiger partial charge in [-0.05, 0) is 0 Å². The lowest BCUT2D eigenvalue weighted by molar-refractivity contribution is -0.364. The molecule has 0 aliphatic rings. The smallest absolute Gasteiger partial charge is 0.311 e. The van der Waals surface area contributed by atoms with Gasteiger partial charge in [-0.1, -0.05) is 30.3 Å². The zero-order chi connectivity index (χ0) is 12.4. The predicted molar refractivity (Wildman–Crippen MR) is 65.8 cm³/mol. The molecule has 0 amide bonds. The first-order valence-corrected chi connectivity index (χ1v) is 5.97. The number of hydrogen-bond acceptors (Lipinski definition) is 4. The summed E-state index contributed by atoms with van der Waals surface area (Å²) in [5.41, 5.74) is 0.836. The van der Waals surface area contributed by atoms with Crippen LogP contribution in [0.2, 0.25) is 0 Å². The van der Waals surface area contributed by atoms with E-state index in [2.05, 4.69) is 0 Å². The quantitative estimate of drug-likeness (QED) is 0.432. The number of hydrogen-bond donors (Lipinski definition) is 0. The molecule has 0 aliphatic heterocycles. The van der Waals surface area contributed by atoms with Crippen LogP contribution in [0.15, 0.2) is 30.3 Å². The van der Waals surface area contributed by atoms with Gasteiger partial charge in [0.25, 0.3) is 0 Å². The van der Waals surface area contributed by atoms with Crippen LogP contribution in [0.4, 0.5) is 0 Å². The van der Waals surface area contributed by atoms with E-state index in [1.54, 1.807) is 21.3 Å². The highest BCUT2D eigenvalue weighted by Gasteiger charge is 2.31. The molecule has 0 heterocycles. The molecule has 0 fully saturated rings. The van der Waals surface area contributed by atoms with Crippen LogP contribution in [0.25, 0.3) is 0 Å². The Hall–Kier alpha value is -1.01. The third kappa shape index (κ3) is 3.86. The molecule has 0 aromatic heterocycles. The van der Waals surface area contributed by atoms with Crippen molar-refractivity contribution >= 4 is 16.2 Å². The molecule has 0 unspecified atom stereocenters. The van der Waals surface area contributed by atoms with Crippen LogP contribution in [0.5, 0.6) is 0 Å². The van der Waals surface area contributed by atoms with E-state index in [1.807, 2.05) is 30.3 Å². The number of rotatable bonds is 4. The second-order valence-corrected chi connectivity index (χ2v) is 3.24. The summed E-state index contributed by atoms with van der Waals surface area (Å²) >= 11 is 0. The molecule has 0 spiro atoms. The fourth-order valence-corrected chi connectivity index (χ4v) is 1.25. The van der Waals surface area contributed by atoms with Crippen molar-refractivity contribution in [2.75, 3.05) is 21.3 Å². The maximum Gasteiger partial charge on any atom is 0.311 e. The van der Waals surface area contributed by atoms with E-state index in [4.69, 9.17) is 19.0 Å². The number of ether oxygens (including phenoxy) is 3. The van der Waals surface area contributed by atoms with Gasteiger partial charge >= 0.3 is 5.97 Å². The number of methoxy groups -OCH3 is 3. The minimum absolute atomic E-state index is 0.688. The molecule has 0 aliphatic carbocycles. The van der Waals surface area contributed by atoms with Crippen LogP contribution in [-0.4, -0.2) is 37.5 Å². The summed E-state index contributed by atoms with van der Waals surface area (Å²) in [6, 6.07) is 9.50. The zero-order valence-corrected chi connectivity index (χ0v) is 12.1. The van der Waals surface area contributed by atoms with Gasteiger partial charge in [-0.15, -0.1) is 0 Å². The van der Waals surface area contributed by atoms with Crippen molar-refractivity contribution in [1.82, 2.24) is 0 Å². The van der Waals surface area contributed by atoms with Crippen LogP contribution in [0.3, 0.4) is 0 Å². The Balaban J connectivity index is 0.000000673. The summed E-state index contributed by atoms with van der Waals surface area (Å²) in [7, 11) is 5.31. The molecule has 0 radical (unpaired) electrons. The number of carbonyl (C=O) groups excluding carboxylic acids is 1. The molecular weight excluding hydrogens is 224 g/mol. The average Bonchev–Trinajstić information content (AvgIpc) is 2.34. The number of benzene rings is 1. The van der Waals surface area contributed by atoms with Crippen molar-refractivity contribution < 1.29 is 19.0 Å². The van der Waals surface area contributed by atoms with E-state index < -0.39 is 5.97 Å². The molecule has 4 nitrogen and oxygen atoms in total. The Morgan fingerprint density at radius 1 is 1.06 bits per heavy atom. The average molecular weight is 242 g/mol. The normalized spacial score (nSPS) is 10.4. The SMILES string of the molecule is COC(OC)(OC)c1ccccc1.O=C[SiH3]. The van der Waals surface area contributed by atoms with Gasteiger partial charge in [-0.25, -0.2) is 0 Å². The fraction of sp³-hybridized carbons (Fsp3) is 0.364. The lowest BCUT2D eigenvalue weighted by atomic mass is 10.2. The molecule has 5 heteroatoms. The lowest BCUT2D eigenvalue weighted by Crippen LogP contribution is -2.32. The van der Waals surface area contributed by atoms with E-state index in [9.17, 15) is 0 Å². The third-order valence-corrected chi connectivity index (χ3v) is 1.93. The van der Waals surface area contributed by atoms with Crippen molar-refractivity contribution in [3.05, 3.63) is 35.9 Å². The van der Waals surface area contributed by atoms with Crippen molar-refractivity contribution in [1.29, 1.82) is 0 Å². The molecule has 0 bridgehead atoms. The van der Waals surface area contributed by atoms with Gasteiger partial charge < -0.3 is 19.0 Å². The van der Waals surface area contributed by atoms with Crippen LogP contribution in [0.1, 0.15) is 5.56 Å². The highest BCUT2D eigenvalue weighted by Crippen LogP contribution is 2.25. The molecule has 1 rings (SSSR count). The van der Waals surface area contributed by atoms with E-state index in [1.165, 1.54) is 0 Å². The zero-order valence-electron chi connectivity index (χ0n) is 10.1. The molecule has 0 saturated carbocycles. The van der Waals surface area contributed by atoms with Crippen LogP contribution in [0, 0.1) is 0 Å². The first-order chi connectivity index (χ1) is 7.70. The molecule has 0 N–H and O–H groups in total. The van der Waals surface area contributed by atoms with Crippen molar-refractivity contribution in [3.8, 4) is 0 Å². The second-order valence-electron chi connectivity index (χ2n) is 2.77. The van der Waals surface area contributed by atoms with Gasteiger partial charge in [0.2, 0.25) is 0 Å². The second kappa shape index (κ2) is 8.18. The Kier molecular flexibility index (Phi) is 7.66. The molecule has 0 atom stereocenters. The first-order valence-electron chi connectivity index (χ1n) is 4.81. The van der Waals surface area contributed by atoms with Crippen molar-refractivity contribution in [2.45, 2.75) is 5.97 Å². The maximum atomic E-state index is 8.87. The van der Waals surface area contributed by atoms with Gasteiger partial charge in [0, 0.05) is 26.9 Å². The minimum atomic E-state index is -1.08. The lowest BCUT2D eigenvalue weighted by Gasteiger charge is -2.28. The molecule has 1 aromatic carbocycles. The molecule has 16 heavy (non-hydrogen) atoms. The minimum Gasteiger partial charge on any atom is -0.327 e. The van der Waals surface area contributed by atoms with Crippen LogP contribution < -0.4 is 0 Å². The summed E-state index contributed by atoms with van der Waals surface area (Å²) in [5.74, 6) is -0.193. The monoisotopic (exact) mass is 242 g/mol. The summed E-state index contributed by atoms with van der Waals surface area (Å²) in [6.07, 6.45) is 0. The Morgan fingerprint density at radius 3 is 1.75 bits per heavy atom. The maximum absolute atomic E-state index is 8.87. The van der Waals surface area contributed by atoms with Gasteiger partial charge in [0.1, 0.15) is 0 Å². The predicted octanol–water partition coefficient (Wildman–Crippen LogP) is 0.278. The highest BCUT2D eigenvalue weighted by atomic mass is 28.1. The Labute approximate surface area is 98.9 Å². The van der Waals surface area contributed by atoms with E-state index in [-0.39, 0.29) is 0 Å². The third-order valence-electron chi connectivity index (χ3n) is 1.93. The van der Waals surface area contributed by atoms with Crippen LogP contribution >= 0.6 is 0 Å². The molecule has 0 saturated heterocycles. The van der Waals surface area contributed by atoms with Gasteiger partial charge in [0.15, 0.2) is 0 Å². The number of carbonyl (C=O) groups is 1. The summed E-state index contributed by atoms with van der Waals surface area (Å²) in [5, 5.41) is 0.